The number of hydrogen-bond acceptors (Lipinski definition) is 2. The first-order valence-corrected chi connectivity index (χ1v) is 7.31. The molecule has 1 saturated heterocycles. The molecule has 1 heterocycles. The molecule has 0 bridgehead atoms. The van der Waals surface area contributed by atoms with Gasteiger partial charge in [-0.2, -0.15) is 0 Å². The molecule has 0 spiro atoms. The highest BCUT2D eigenvalue weighted by Gasteiger charge is 2.30. The molecule has 1 aromatic rings. The zero-order valence-corrected chi connectivity index (χ0v) is 13.2. The zero-order chi connectivity index (χ0) is 14.9. The second-order valence-electron chi connectivity index (χ2n) is 6.77. The third kappa shape index (κ3) is 3.53. The molecule has 1 aliphatic heterocycles. The van der Waals surface area contributed by atoms with E-state index in [2.05, 4.69) is 32.0 Å². The van der Waals surface area contributed by atoms with Crippen molar-refractivity contribution < 1.29 is 9.53 Å². The summed E-state index contributed by atoms with van der Waals surface area (Å²) in [5.41, 5.74) is 3.55. The molecule has 20 heavy (non-hydrogen) atoms. The van der Waals surface area contributed by atoms with Crippen molar-refractivity contribution in [3.63, 3.8) is 0 Å². The van der Waals surface area contributed by atoms with Crippen molar-refractivity contribution in [2.24, 2.45) is 0 Å². The number of benzene rings is 1. The summed E-state index contributed by atoms with van der Waals surface area (Å²) in [4.78, 5) is 13.9. The number of amides is 1. The maximum absolute atomic E-state index is 12.1. The van der Waals surface area contributed by atoms with Crippen molar-refractivity contribution in [1.29, 1.82) is 0 Å². The van der Waals surface area contributed by atoms with Crippen LogP contribution in [-0.4, -0.2) is 29.7 Å². The lowest BCUT2D eigenvalue weighted by atomic mass is 9.93. The van der Waals surface area contributed by atoms with Crippen LogP contribution in [0, 0.1) is 13.8 Å². The van der Waals surface area contributed by atoms with E-state index >= 15 is 0 Å². The van der Waals surface area contributed by atoms with Gasteiger partial charge in [-0.1, -0.05) is 23.8 Å². The molecule has 3 nitrogen and oxygen atoms in total. The second kappa shape index (κ2) is 5.47. The molecule has 0 unspecified atom stereocenters. The molecule has 0 radical (unpaired) electrons. The third-order valence-corrected chi connectivity index (χ3v) is 3.71. The largest absolute Gasteiger partial charge is 0.444 e. The van der Waals surface area contributed by atoms with Gasteiger partial charge in [-0.25, -0.2) is 4.79 Å². The van der Waals surface area contributed by atoms with Crippen molar-refractivity contribution in [1.82, 2.24) is 4.90 Å². The highest BCUT2D eigenvalue weighted by Crippen LogP contribution is 2.30. The first-order valence-electron chi connectivity index (χ1n) is 7.31. The molecule has 1 aromatic carbocycles. The predicted octanol–water partition coefficient (Wildman–Crippen LogP) is 4.03. The Morgan fingerprint density at radius 3 is 2.60 bits per heavy atom. The number of likely N-dealkylation sites (tertiary alicyclic amines) is 1. The minimum absolute atomic E-state index is 0.190. The van der Waals surface area contributed by atoms with Gasteiger partial charge in [0.1, 0.15) is 5.60 Å². The van der Waals surface area contributed by atoms with E-state index in [1.54, 1.807) is 0 Å². The fourth-order valence-corrected chi connectivity index (χ4v) is 2.79. The van der Waals surface area contributed by atoms with Crippen molar-refractivity contribution in [2.75, 3.05) is 13.1 Å². The highest BCUT2D eigenvalue weighted by molar-refractivity contribution is 5.68. The Kier molecular flexibility index (Phi) is 4.07. The van der Waals surface area contributed by atoms with Crippen LogP contribution in [0.25, 0.3) is 0 Å². The summed E-state index contributed by atoms with van der Waals surface area (Å²) in [7, 11) is 0. The SMILES string of the molecule is Cc1ccc([C@H]2CCN(C(=O)OC(C)(C)C)C2)c(C)c1. The summed E-state index contributed by atoms with van der Waals surface area (Å²) in [5, 5.41) is 0. The van der Waals surface area contributed by atoms with Gasteiger partial charge >= 0.3 is 6.09 Å². The molecular weight excluding hydrogens is 250 g/mol. The fraction of sp³-hybridized carbons (Fsp3) is 0.588. The maximum Gasteiger partial charge on any atom is 0.410 e. The van der Waals surface area contributed by atoms with E-state index in [9.17, 15) is 4.79 Å². The fourth-order valence-electron chi connectivity index (χ4n) is 2.79. The van der Waals surface area contributed by atoms with E-state index in [-0.39, 0.29) is 6.09 Å². The highest BCUT2D eigenvalue weighted by atomic mass is 16.6. The molecule has 110 valence electrons. The number of hydrogen-bond donors (Lipinski definition) is 0. The summed E-state index contributed by atoms with van der Waals surface area (Å²) in [6, 6.07) is 6.57. The zero-order valence-electron chi connectivity index (χ0n) is 13.2. The van der Waals surface area contributed by atoms with Gasteiger partial charge in [0.15, 0.2) is 0 Å². The Hall–Kier alpha value is -1.51. The van der Waals surface area contributed by atoms with Crippen LogP contribution in [0.1, 0.15) is 49.8 Å². The van der Waals surface area contributed by atoms with Gasteiger partial charge in [0.2, 0.25) is 0 Å². The summed E-state index contributed by atoms with van der Waals surface area (Å²) < 4.78 is 5.44. The predicted molar refractivity (Wildman–Crippen MR) is 81.1 cm³/mol. The average Bonchev–Trinajstić information content (AvgIpc) is 2.75. The van der Waals surface area contributed by atoms with Crippen LogP contribution in [0.4, 0.5) is 4.79 Å². The number of carbonyl (C=O) groups excluding carboxylic acids is 1. The van der Waals surface area contributed by atoms with E-state index < -0.39 is 5.60 Å². The van der Waals surface area contributed by atoms with Crippen molar-refractivity contribution in [3.8, 4) is 0 Å². The Morgan fingerprint density at radius 1 is 1.30 bits per heavy atom. The Labute approximate surface area is 121 Å². The van der Waals surface area contributed by atoms with Gasteiger partial charge in [-0.15, -0.1) is 0 Å². The minimum atomic E-state index is -0.422. The Bertz CT molecular complexity index is 502. The standard InChI is InChI=1S/C17H25NO2/c1-12-6-7-15(13(2)10-12)14-8-9-18(11-14)16(19)20-17(3,4)5/h6-7,10,14H,8-9,11H2,1-5H3/t14-/m0/s1. The van der Waals surface area contributed by atoms with Gasteiger partial charge in [0.25, 0.3) is 0 Å². The quantitative estimate of drug-likeness (QED) is 0.774. The third-order valence-electron chi connectivity index (χ3n) is 3.71. The molecule has 0 aromatic heterocycles. The second-order valence-corrected chi connectivity index (χ2v) is 6.77. The molecule has 0 aliphatic carbocycles. The topological polar surface area (TPSA) is 29.5 Å². The molecule has 3 heteroatoms. The van der Waals surface area contributed by atoms with Gasteiger partial charge < -0.3 is 9.64 Å². The van der Waals surface area contributed by atoms with Gasteiger partial charge in [0.05, 0.1) is 0 Å². The first kappa shape index (κ1) is 14.9. The average molecular weight is 275 g/mol. The van der Waals surface area contributed by atoms with Crippen molar-refractivity contribution >= 4 is 6.09 Å². The maximum atomic E-state index is 12.1. The lowest BCUT2D eigenvalue weighted by Crippen LogP contribution is -2.35. The smallest absolute Gasteiger partial charge is 0.410 e. The lowest BCUT2D eigenvalue weighted by Gasteiger charge is -2.24. The Morgan fingerprint density at radius 2 is 2.00 bits per heavy atom. The molecule has 2 rings (SSSR count). The van der Waals surface area contributed by atoms with E-state index in [1.165, 1.54) is 16.7 Å². The van der Waals surface area contributed by atoms with Crippen LogP contribution in [0.2, 0.25) is 0 Å². The summed E-state index contributed by atoms with van der Waals surface area (Å²) in [6.45, 7) is 11.5. The van der Waals surface area contributed by atoms with Gasteiger partial charge in [-0.05, 0) is 52.2 Å². The molecular formula is C17H25NO2. The van der Waals surface area contributed by atoms with E-state index in [4.69, 9.17) is 4.74 Å². The molecule has 1 aliphatic rings. The monoisotopic (exact) mass is 275 g/mol. The number of rotatable bonds is 1. The lowest BCUT2D eigenvalue weighted by molar-refractivity contribution is 0.0292. The summed E-state index contributed by atoms with van der Waals surface area (Å²) in [5.74, 6) is 0.433. The molecule has 1 amide bonds. The van der Waals surface area contributed by atoms with E-state index in [0.717, 1.165) is 19.5 Å². The van der Waals surface area contributed by atoms with Crippen LogP contribution in [0.15, 0.2) is 18.2 Å². The van der Waals surface area contributed by atoms with E-state index in [1.807, 2.05) is 25.7 Å². The minimum Gasteiger partial charge on any atom is -0.444 e. The number of carbonyl (C=O) groups is 1. The van der Waals surface area contributed by atoms with Crippen molar-refractivity contribution in [2.45, 2.75) is 52.6 Å². The Balaban J connectivity index is 2.03. The number of nitrogens with zero attached hydrogens (tertiary/aromatic N) is 1. The van der Waals surface area contributed by atoms with Crippen LogP contribution >= 0.6 is 0 Å². The summed E-state index contributed by atoms with van der Waals surface area (Å²) >= 11 is 0. The number of aryl methyl sites for hydroxylation is 2. The van der Waals surface area contributed by atoms with Crippen LogP contribution in [0.3, 0.4) is 0 Å². The van der Waals surface area contributed by atoms with Crippen LogP contribution < -0.4 is 0 Å². The van der Waals surface area contributed by atoms with Crippen molar-refractivity contribution in [3.05, 3.63) is 34.9 Å². The normalized spacial score (nSPS) is 19.2. The van der Waals surface area contributed by atoms with E-state index in [0.29, 0.717) is 5.92 Å². The van der Waals surface area contributed by atoms with Gasteiger partial charge in [0, 0.05) is 19.0 Å². The molecule has 1 atom stereocenters. The molecule has 1 fully saturated rings. The van der Waals surface area contributed by atoms with Crippen LogP contribution in [-0.2, 0) is 4.74 Å². The molecule has 0 N–H and O–H groups in total. The van der Waals surface area contributed by atoms with Crippen LogP contribution in [0.5, 0.6) is 0 Å². The summed E-state index contributed by atoms with van der Waals surface area (Å²) in [6.07, 6.45) is 0.827. The number of ether oxygens (including phenoxy) is 1. The molecule has 0 saturated carbocycles. The van der Waals surface area contributed by atoms with Gasteiger partial charge in [-0.3, -0.25) is 0 Å². The first-order chi connectivity index (χ1) is 9.26.